The maximum atomic E-state index is 12.6. The minimum absolute atomic E-state index is 0.157. The highest BCUT2D eigenvalue weighted by Crippen LogP contribution is 2.10. The summed E-state index contributed by atoms with van der Waals surface area (Å²) in [6.45, 7) is 9.14. The Bertz CT molecular complexity index is 593. The second-order valence-corrected chi connectivity index (χ2v) is 7.35. The summed E-state index contributed by atoms with van der Waals surface area (Å²) in [6.07, 6.45) is 4.40. The van der Waals surface area contributed by atoms with Gasteiger partial charge in [0, 0.05) is 13.0 Å². The quantitative estimate of drug-likeness (QED) is 0.316. The van der Waals surface area contributed by atoms with E-state index in [1.807, 2.05) is 13.8 Å². The molecule has 158 valence electrons. The normalized spacial score (nSPS) is 18.9. The van der Waals surface area contributed by atoms with Gasteiger partial charge in [0.15, 0.2) is 0 Å². The van der Waals surface area contributed by atoms with Gasteiger partial charge in [-0.1, -0.05) is 19.9 Å². The molecule has 0 aromatic heterocycles. The van der Waals surface area contributed by atoms with Crippen molar-refractivity contribution in [1.82, 2.24) is 21.1 Å². The number of carbonyl (C=O) groups excluding carboxylic acids is 3. The molecular weight excluding hydrogens is 364 g/mol. The Morgan fingerprint density at radius 1 is 1.25 bits per heavy atom. The van der Waals surface area contributed by atoms with Gasteiger partial charge in [-0.2, -0.15) is 0 Å². The Hall–Kier alpha value is -2.42. The highest BCUT2D eigenvalue weighted by atomic mass is 16.4. The van der Waals surface area contributed by atoms with Crippen LogP contribution >= 0.6 is 0 Å². The van der Waals surface area contributed by atoms with Gasteiger partial charge in [-0.3, -0.25) is 24.2 Å². The minimum atomic E-state index is -1.02. The lowest BCUT2D eigenvalue weighted by Gasteiger charge is -2.34. The molecule has 0 saturated carbocycles. The Labute approximate surface area is 165 Å². The van der Waals surface area contributed by atoms with E-state index < -0.39 is 35.9 Å². The molecule has 1 fully saturated rings. The molecule has 1 heterocycles. The number of nitrogens with zero attached hydrogens (tertiary/aromatic N) is 1. The van der Waals surface area contributed by atoms with Crippen LogP contribution in [0.1, 0.15) is 52.9 Å². The van der Waals surface area contributed by atoms with Gasteiger partial charge in [-0.15, -0.1) is 6.58 Å². The molecule has 1 rings (SSSR count). The fourth-order valence-corrected chi connectivity index (χ4v) is 2.91. The van der Waals surface area contributed by atoms with Gasteiger partial charge in [-0.05, 0) is 38.5 Å². The lowest BCUT2D eigenvalue weighted by molar-refractivity contribution is -0.148. The molecule has 0 spiro atoms. The van der Waals surface area contributed by atoms with Crippen molar-refractivity contribution in [3.63, 3.8) is 0 Å². The number of allylic oxidation sites excluding steroid dienone is 1. The minimum Gasteiger partial charge on any atom is -0.480 e. The van der Waals surface area contributed by atoms with Gasteiger partial charge in [0.2, 0.25) is 11.8 Å². The van der Waals surface area contributed by atoms with E-state index >= 15 is 0 Å². The Balaban J connectivity index is 2.63. The van der Waals surface area contributed by atoms with Crippen molar-refractivity contribution in [3.8, 4) is 0 Å². The second kappa shape index (κ2) is 11.4. The topological polar surface area (TPSA) is 128 Å². The van der Waals surface area contributed by atoms with Crippen LogP contribution in [0.2, 0.25) is 0 Å². The molecule has 0 aliphatic carbocycles. The molecule has 0 unspecified atom stereocenters. The molecule has 9 heteroatoms. The molecule has 1 aliphatic rings. The van der Waals surface area contributed by atoms with E-state index in [-0.39, 0.29) is 11.8 Å². The number of hydrogen-bond donors (Lipinski definition) is 4. The van der Waals surface area contributed by atoms with Crippen molar-refractivity contribution in [2.45, 2.75) is 71.0 Å². The molecule has 0 aromatic carbocycles. The standard InChI is InChI=1S/C19H32N4O5/c1-5-6-7-10-15(24)21-16(12(2)3)17(25)20-13(4)18(26)23-11-8-9-14(22-23)19(27)28/h5,12-14,16,22H,1,6-11H2,2-4H3,(H,20,25)(H,21,24)(H,27,28)/t13-,14-,16-/m0/s1. The van der Waals surface area contributed by atoms with Crippen LogP contribution in [0.5, 0.6) is 0 Å². The molecule has 0 radical (unpaired) electrons. The maximum Gasteiger partial charge on any atom is 0.322 e. The highest BCUT2D eigenvalue weighted by molar-refractivity contribution is 5.92. The van der Waals surface area contributed by atoms with Crippen LogP contribution in [-0.2, 0) is 19.2 Å². The summed E-state index contributed by atoms with van der Waals surface area (Å²) in [5.74, 6) is -2.26. The first-order chi connectivity index (χ1) is 13.2. The summed E-state index contributed by atoms with van der Waals surface area (Å²) < 4.78 is 0. The van der Waals surface area contributed by atoms with E-state index in [1.54, 1.807) is 6.08 Å². The van der Waals surface area contributed by atoms with Crippen molar-refractivity contribution >= 4 is 23.7 Å². The Kier molecular flexibility index (Phi) is 9.64. The molecule has 3 amide bonds. The number of hydrazine groups is 1. The average Bonchev–Trinajstić information content (AvgIpc) is 2.65. The first kappa shape index (κ1) is 23.6. The van der Waals surface area contributed by atoms with Crippen LogP contribution in [0.15, 0.2) is 12.7 Å². The molecule has 0 aromatic rings. The first-order valence-corrected chi connectivity index (χ1v) is 9.68. The van der Waals surface area contributed by atoms with E-state index in [4.69, 9.17) is 5.11 Å². The molecule has 3 atom stereocenters. The summed E-state index contributed by atoms with van der Waals surface area (Å²) in [6, 6.07) is -2.43. The number of amides is 3. The summed E-state index contributed by atoms with van der Waals surface area (Å²) in [4.78, 5) is 48.3. The van der Waals surface area contributed by atoms with Crippen molar-refractivity contribution in [3.05, 3.63) is 12.7 Å². The Morgan fingerprint density at radius 2 is 1.93 bits per heavy atom. The predicted molar refractivity (Wildman–Crippen MR) is 104 cm³/mol. The number of rotatable bonds is 10. The van der Waals surface area contributed by atoms with Crippen LogP contribution in [0.3, 0.4) is 0 Å². The zero-order valence-electron chi connectivity index (χ0n) is 16.9. The third-order valence-corrected chi connectivity index (χ3v) is 4.56. The molecule has 4 N–H and O–H groups in total. The monoisotopic (exact) mass is 396 g/mol. The van der Waals surface area contributed by atoms with Crippen LogP contribution in [0.4, 0.5) is 0 Å². The van der Waals surface area contributed by atoms with Crippen LogP contribution in [0, 0.1) is 5.92 Å². The molecule has 9 nitrogen and oxygen atoms in total. The average molecular weight is 396 g/mol. The fraction of sp³-hybridized carbons (Fsp3) is 0.684. The van der Waals surface area contributed by atoms with Crippen LogP contribution < -0.4 is 16.1 Å². The van der Waals surface area contributed by atoms with E-state index in [1.165, 1.54) is 11.9 Å². The highest BCUT2D eigenvalue weighted by Gasteiger charge is 2.32. The molecule has 1 aliphatic heterocycles. The van der Waals surface area contributed by atoms with Gasteiger partial charge in [-0.25, -0.2) is 5.43 Å². The summed E-state index contributed by atoms with van der Waals surface area (Å²) in [5.41, 5.74) is 2.67. The number of carboxylic acid groups (broad SMARTS) is 1. The lowest BCUT2D eigenvalue weighted by atomic mass is 10.0. The van der Waals surface area contributed by atoms with Crippen LogP contribution in [0.25, 0.3) is 0 Å². The Morgan fingerprint density at radius 3 is 2.50 bits per heavy atom. The van der Waals surface area contributed by atoms with Gasteiger partial charge in [0.25, 0.3) is 5.91 Å². The summed E-state index contributed by atoms with van der Waals surface area (Å²) >= 11 is 0. The van der Waals surface area contributed by atoms with Crippen molar-refractivity contribution in [2.24, 2.45) is 5.92 Å². The SMILES string of the molecule is C=CCCCC(=O)N[C@H](C(=O)N[C@@H](C)C(=O)N1CCC[C@@H](C(=O)O)N1)C(C)C. The number of aliphatic carboxylic acids is 1. The van der Waals surface area contributed by atoms with E-state index in [0.29, 0.717) is 32.2 Å². The van der Waals surface area contributed by atoms with Crippen molar-refractivity contribution < 1.29 is 24.3 Å². The van der Waals surface area contributed by atoms with Gasteiger partial charge >= 0.3 is 5.97 Å². The van der Waals surface area contributed by atoms with Gasteiger partial charge in [0.05, 0.1) is 0 Å². The number of carboxylic acids is 1. The van der Waals surface area contributed by atoms with Gasteiger partial charge < -0.3 is 15.7 Å². The number of nitrogens with one attached hydrogen (secondary N) is 3. The molecule has 1 saturated heterocycles. The van der Waals surface area contributed by atoms with Crippen molar-refractivity contribution in [1.29, 1.82) is 0 Å². The number of carbonyl (C=O) groups is 4. The second-order valence-electron chi connectivity index (χ2n) is 7.35. The van der Waals surface area contributed by atoms with E-state index in [2.05, 4.69) is 22.6 Å². The van der Waals surface area contributed by atoms with Crippen LogP contribution in [-0.4, -0.2) is 58.5 Å². The fourth-order valence-electron chi connectivity index (χ4n) is 2.91. The lowest BCUT2D eigenvalue weighted by Crippen LogP contribution is -2.60. The third-order valence-electron chi connectivity index (χ3n) is 4.56. The van der Waals surface area contributed by atoms with E-state index in [0.717, 1.165) is 6.42 Å². The zero-order chi connectivity index (χ0) is 21.3. The number of unbranched alkanes of at least 4 members (excludes halogenated alkanes) is 1. The predicted octanol–water partition coefficient (Wildman–Crippen LogP) is 0.568. The zero-order valence-corrected chi connectivity index (χ0v) is 16.9. The molecule has 0 bridgehead atoms. The summed E-state index contributed by atoms with van der Waals surface area (Å²) in [7, 11) is 0. The van der Waals surface area contributed by atoms with Crippen molar-refractivity contribution in [2.75, 3.05) is 6.54 Å². The maximum absolute atomic E-state index is 12.6. The summed E-state index contributed by atoms with van der Waals surface area (Å²) in [5, 5.41) is 15.7. The smallest absolute Gasteiger partial charge is 0.322 e. The van der Waals surface area contributed by atoms with E-state index in [9.17, 15) is 19.2 Å². The molecule has 28 heavy (non-hydrogen) atoms. The largest absolute Gasteiger partial charge is 0.480 e. The molecular formula is C19H32N4O5. The third kappa shape index (κ3) is 7.30. The first-order valence-electron chi connectivity index (χ1n) is 9.68. The number of hydrogen-bond acceptors (Lipinski definition) is 5. The van der Waals surface area contributed by atoms with Gasteiger partial charge in [0.1, 0.15) is 18.1 Å².